The summed E-state index contributed by atoms with van der Waals surface area (Å²) in [6.07, 6.45) is 0. The van der Waals surface area contributed by atoms with Crippen molar-refractivity contribution in [3.8, 4) is 5.69 Å². The van der Waals surface area contributed by atoms with Gasteiger partial charge in [-0.3, -0.25) is 4.79 Å². The first-order valence-corrected chi connectivity index (χ1v) is 6.67. The Morgan fingerprint density at radius 2 is 1.48 bits per heavy atom. The summed E-state index contributed by atoms with van der Waals surface area (Å²) < 4.78 is 1.37. The van der Waals surface area contributed by atoms with Crippen LogP contribution >= 0.6 is 0 Å². The van der Waals surface area contributed by atoms with Gasteiger partial charge in [0.15, 0.2) is 0 Å². The largest absolute Gasteiger partial charge is 0.282 e. The molecule has 0 atom stereocenters. The predicted molar refractivity (Wildman–Crippen MR) is 82.6 cm³/mol. The Morgan fingerprint density at radius 1 is 0.762 bits per heavy atom. The first-order valence-electron chi connectivity index (χ1n) is 6.67. The zero-order valence-electron chi connectivity index (χ0n) is 11.1. The van der Waals surface area contributed by atoms with E-state index in [1.807, 2.05) is 54.6 Å². The van der Waals surface area contributed by atoms with Crippen LogP contribution in [0.4, 0.5) is 0 Å². The minimum absolute atomic E-state index is 0.156. The zero-order chi connectivity index (χ0) is 14.2. The summed E-state index contributed by atoms with van der Waals surface area (Å²) in [7, 11) is 0. The summed E-state index contributed by atoms with van der Waals surface area (Å²) in [5.74, 6) is 0. The molecule has 4 rings (SSSR count). The Labute approximate surface area is 120 Å². The van der Waals surface area contributed by atoms with E-state index in [-0.39, 0.29) is 5.56 Å². The van der Waals surface area contributed by atoms with Crippen molar-refractivity contribution in [2.75, 3.05) is 0 Å². The molecule has 0 bridgehead atoms. The highest BCUT2D eigenvalue weighted by molar-refractivity contribution is 5.90. The SMILES string of the molecule is O=c1c2ccccc2nnn1-c1cccc2ccccc12. The van der Waals surface area contributed by atoms with Crippen molar-refractivity contribution in [2.24, 2.45) is 0 Å². The molecule has 0 aliphatic rings. The number of rotatable bonds is 1. The van der Waals surface area contributed by atoms with Crippen LogP contribution in [0.25, 0.3) is 27.4 Å². The molecule has 0 saturated heterocycles. The Balaban J connectivity index is 2.10. The lowest BCUT2D eigenvalue weighted by Crippen LogP contribution is -2.22. The van der Waals surface area contributed by atoms with Crippen LogP contribution in [0.2, 0.25) is 0 Å². The number of hydrogen-bond donors (Lipinski definition) is 0. The van der Waals surface area contributed by atoms with E-state index in [2.05, 4.69) is 10.3 Å². The minimum atomic E-state index is -0.156. The van der Waals surface area contributed by atoms with E-state index in [9.17, 15) is 4.79 Å². The number of aromatic nitrogens is 3. The lowest BCUT2D eigenvalue weighted by molar-refractivity contribution is 0.742. The summed E-state index contributed by atoms with van der Waals surface area (Å²) in [6.45, 7) is 0. The van der Waals surface area contributed by atoms with Gasteiger partial charge in [-0.05, 0) is 23.6 Å². The van der Waals surface area contributed by atoms with Gasteiger partial charge >= 0.3 is 0 Å². The van der Waals surface area contributed by atoms with Gasteiger partial charge in [-0.25, -0.2) is 0 Å². The van der Waals surface area contributed by atoms with Gasteiger partial charge in [0.2, 0.25) is 0 Å². The highest BCUT2D eigenvalue weighted by Crippen LogP contribution is 2.20. The van der Waals surface area contributed by atoms with Crippen LogP contribution in [-0.4, -0.2) is 15.0 Å². The normalized spacial score (nSPS) is 11.0. The van der Waals surface area contributed by atoms with Crippen molar-refractivity contribution >= 4 is 21.7 Å². The molecular formula is C17H11N3O. The van der Waals surface area contributed by atoms with Gasteiger partial charge in [0, 0.05) is 5.39 Å². The van der Waals surface area contributed by atoms with Gasteiger partial charge in [-0.15, -0.1) is 5.10 Å². The highest BCUT2D eigenvalue weighted by Gasteiger charge is 2.09. The molecule has 100 valence electrons. The maximum Gasteiger partial charge on any atom is 0.282 e. The highest BCUT2D eigenvalue weighted by atomic mass is 16.1. The van der Waals surface area contributed by atoms with Crippen LogP contribution in [0, 0.1) is 0 Å². The van der Waals surface area contributed by atoms with Crippen LogP contribution in [0.15, 0.2) is 71.5 Å². The minimum Gasteiger partial charge on any atom is -0.267 e. The second kappa shape index (κ2) is 4.52. The molecule has 0 spiro atoms. The number of fused-ring (bicyclic) bond motifs is 2. The van der Waals surface area contributed by atoms with Crippen molar-refractivity contribution in [2.45, 2.75) is 0 Å². The monoisotopic (exact) mass is 273 g/mol. The molecule has 3 aromatic carbocycles. The Morgan fingerprint density at radius 3 is 2.38 bits per heavy atom. The van der Waals surface area contributed by atoms with Gasteiger partial charge < -0.3 is 0 Å². The van der Waals surface area contributed by atoms with E-state index in [4.69, 9.17) is 0 Å². The van der Waals surface area contributed by atoms with Crippen LogP contribution < -0.4 is 5.56 Å². The van der Waals surface area contributed by atoms with E-state index in [1.54, 1.807) is 12.1 Å². The van der Waals surface area contributed by atoms with Crippen molar-refractivity contribution in [3.63, 3.8) is 0 Å². The summed E-state index contributed by atoms with van der Waals surface area (Å²) >= 11 is 0. The van der Waals surface area contributed by atoms with E-state index in [1.165, 1.54) is 4.68 Å². The average Bonchev–Trinajstić information content (AvgIpc) is 2.55. The van der Waals surface area contributed by atoms with Gasteiger partial charge in [-0.2, -0.15) is 4.68 Å². The number of benzene rings is 3. The fourth-order valence-corrected chi connectivity index (χ4v) is 2.54. The second-order valence-corrected chi connectivity index (χ2v) is 4.82. The molecule has 0 unspecified atom stereocenters. The first-order chi connectivity index (χ1) is 10.3. The van der Waals surface area contributed by atoms with Crippen molar-refractivity contribution in [1.82, 2.24) is 15.0 Å². The summed E-state index contributed by atoms with van der Waals surface area (Å²) in [5.41, 5.74) is 1.20. The predicted octanol–water partition coefficient (Wildman–Crippen LogP) is 2.93. The third-order valence-corrected chi connectivity index (χ3v) is 3.56. The maximum atomic E-state index is 12.6. The molecule has 4 aromatic rings. The fourth-order valence-electron chi connectivity index (χ4n) is 2.54. The second-order valence-electron chi connectivity index (χ2n) is 4.82. The van der Waals surface area contributed by atoms with E-state index < -0.39 is 0 Å². The topological polar surface area (TPSA) is 47.8 Å². The van der Waals surface area contributed by atoms with Gasteiger partial charge in [-0.1, -0.05) is 53.7 Å². The number of hydrogen-bond acceptors (Lipinski definition) is 3. The van der Waals surface area contributed by atoms with E-state index >= 15 is 0 Å². The third-order valence-electron chi connectivity index (χ3n) is 3.56. The third kappa shape index (κ3) is 1.80. The van der Waals surface area contributed by atoms with Crippen LogP contribution in [-0.2, 0) is 0 Å². The molecular weight excluding hydrogens is 262 g/mol. The average molecular weight is 273 g/mol. The van der Waals surface area contributed by atoms with Crippen LogP contribution in [0.3, 0.4) is 0 Å². The quantitative estimate of drug-likeness (QED) is 0.535. The van der Waals surface area contributed by atoms with E-state index in [0.717, 1.165) is 16.5 Å². The fraction of sp³-hybridized carbons (Fsp3) is 0. The smallest absolute Gasteiger partial charge is 0.267 e. The molecule has 1 heterocycles. The first kappa shape index (κ1) is 11.8. The standard InChI is InChI=1S/C17H11N3O/c21-17-14-9-3-4-10-15(14)18-19-20(17)16-11-5-7-12-6-1-2-8-13(12)16/h1-11H. The molecule has 0 aliphatic heterocycles. The van der Waals surface area contributed by atoms with Gasteiger partial charge in [0.1, 0.15) is 5.52 Å². The van der Waals surface area contributed by atoms with Crippen molar-refractivity contribution < 1.29 is 0 Å². The molecule has 0 aliphatic carbocycles. The molecule has 0 amide bonds. The van der Waals surface area contributed by atoms with Crippen molar-refractivity contribution in [3.05, 3.63) is 77.1 Å². The molecule has 4 heteroatoms. The lowest BCUT2D eigenvalue weighted by atomic mass is 10.1. The Bertz CT molecular complexity index is 1020. The van der Waals surface area contributed by atoms with Gasteiger partial charge in [0.05, 0.1) is 11.1 Å². The number of nitrogens with zero attached hydrogens (tertiary/aromatic N) is 3. The van der Waals surface area contributed by atoms with E-state index in [0.29, 0.717) is 10.9 Å². The van der Waals surface area contributed by atoms with Gasteiger partial charge in [0.25, 0.3) is 5.56 Å². The van der Waals surface area contributed by atoms with Crippen LogP contribution in [0.1, 0.15) is 0 Å². The molecule has 0 radical (unpaired) electrons. The zero-order valence-corrected chi connectivity index (χ0v) is 11.1. The summed E-state index contributed by atoms with van der Waals surface area (Å²) in [5, 5.41) is 10.8. The van der Waals surface area contributed by atoms with Crippen molar-refractivity contribution in [1.29, 1.82) is 0 Å². The molecule has 0 N–H and O–H groups in total. The molecule has 4 nitrogen and oxygen atoms in total. The Kier molecular flexibility index (Phi) is 2.54. The maximum absolute atomic E-state index is 12.6. The lowest BCUT2D eigenvalue weighted by Gasteiger charge is -2.08. The molecule has 1 aromatic heterocycles. The summed E-state index contributed by atoms with van der Waals surface area (Å²) in [4.78, 5) is 12.6. The molecule has 0 fully saturated rings. The molecule has 21 heavy (non-hydrogen) atoms. The Hall–Kier alpha value is -3.01. The van der Waals surface area contributed by atoms with Crippen LogP contribution in [0.5, 0.6) is 0 Å². The summed E-state index contributed by atoms with van der Waals surface area (Å²) in [6, 6.07) is 21.0. The molecule has 0 saturated carbocycles.